The number of hydrogen-bond donors (Lipinski definition) is 0. The van der Waals surface area contributed by atoms with E-state index in [1.807, 2.05) is 42.5 Å². The highest BCUT2D eigenvalue weighted by atomic mass is 13.9. The van der Waals surface area contributed by atoms with E-state index in [1.54, 1.807) is 0 Å². The molecule has 2 aromatic carbocycles. The first-order chi connectivity index (χ1) is 6.95. The molecule has 0 heterocycles. The summed E-state index contributed by atoms with van der Waals surface area (Å²) in [5.74, 6) is 0. The Kier molecular flexibility index (Phi) is 2.77. The first-order valence-electron chi connectivity index (χ1n) is 4.64. The Morgan fingerprint density at radius 1 is 0.714 bits per heavy atom. The largest absolute Gasteiger partial charge is 0.0622 e. The Bertz CT molecular complexity index is 357. The van der Waals surface area contributed by atoms with Crippen LogP contribution < -0.4 is 0 Å². The molecule has 1 radical (unpaired) electrons. The van der Waals surface area contributed by atoms with Crippen LogP contribution in [0.25, 0.3) is 12.2 Å². The summed E-state index contributed by atoms with van der Waals surface area (Å²) in [6.07, 6.45) is 4.21. The maximum Gasteiger partial charge on any atom is -0.0184 e. The molecule has 0 aromatic heterocycles. The van der Waals surface area contributed by atoms with E-state index >= 15 is 0 Å². The second kappa shape index (κ2) is 4.43. The van der Waals surface area contributed by atoms with Crippen molar-refractivity contribution < 1.29 is 0 Å². The van der Waals surface area contributed by atoms with E-state index in [9.17, 15) is 0 Å². The standard InChI is InChI=1S/C14H11/c1-3-7-13(8-4-1)11-12-14-9-5-2-6-10-14/h1,3-12H/b12-11+. The SMILES string of the molecule is [c]1ccc(/C=C/c2ccccc2)cc1. The Morgan fingerprint density at radius 2 is 1.29 bits per heavy atom. The molecule has 0 aliphatic carbocycles. The van der Waals surface area contributed by atoms with Gasteiger partial charge >= 0.3 is 0 Å². The Hall–Kier alpha value is -1.82. The maximum absolute atomic E-state index is 3.00. The second-order valence-electron chi connectivity index (χ2n) is 3.08. The highest BCUT2D eigenvalue weighted by molar-refractivity contribution is 5.69. The third kappa shape index (κ3) is 2.33. The summed E-state index contributed by atoms with van der Waals surface area (Å²) in [4.78, 5) is 0. The molecule has 2 rings (SSSR count). The van der Waals surface area contributed by atoms with Crippen LogP contribution in [0.2, 0.25) is 0 Å². The van der Waals surface area contributed by atoms with Crippen molar-refractivity contribution in [2.75, 3.05) is 0 Å². The summed E-state index contributed by atoms with van der Waals surface area (Å²) >= 11 is 0. The summed E-state index contributed by atoms with van der Waals surface area (Å²) < 4.78 is 0. The fourth-order valence-corrected chi connectivity index (χ4v) is 1.27. The molecule has 0 aliphatic heterocycles. The van der Waals surface area contributed by atoms with E-state index in [4.69, 9.17) is 0 Å². The molecule has 0 aliphatic rings. The molecule has 0 fully saturated rings. The number of benzene rings is 2. The van der Waals surface area contributed by atoms with E-state index in [0.29, 0.717) is 0 Å². The van der Waals surface area contributed by atoms with Crippen molar-refractivity contribution in [2.24, 2.45) is 0 Å². The molecule has 0 heteroatoms. The molecule has 14 heavy (non-hydrogen) atoms. The molecule has 0 bridgehead atoms. The maximum atomic E-state index is 3.00. The lowest BCUT2D eigenvalue weighted by molar-refractivity contribution is 1.64. The molecule has 0 spiro atoms. The van der Waals surface area contributed by atoms with Gasteiger partial charge in [-0.15, -0.1) is 0 Å². The topological polar surface area (TPSA) is 0 Å². The Balaban J connectivity index is 2.16. The van der Waals surface area contributed by atoms with E-state index in [2.05, 4.69) is 30.4 Å². The molecular formula is C14H11. The van der Waals surface area contributed by atoms with Crippen molar-refractivity contribution in [3.05, 3.63) is 71.8 Å². The van der Waals surface area contributed by atoms with E-state index in [0.717, 1.165) is 0 Å². The molecule has 0 N–H and O–H groups in total. The summed E-state index contributed by atoms with van der Waals surface area (Å²) in [6.45, 7) is 0. The lowest BCUT2D eigenvalue weighted by Crippen LogP contribution is -1.70. The average Bonchev–Trinajstić information content (AvgIpc) is 2.29. The van der Waals surface area contributed by atoms with Gasteiger partial charge in [-0.2, -0.15) is 0 Å². The average molecular weight is 179 g/mol. The summed E-state index contributed by atoms with van der Waals surface area (Å²) in [5, 5.41) is 0. The van der Waals surface area contributed by atoms with Gasteiger partial charge in [-0.1, -0.05) is 66.7 Å². The number of hydrogen-bond acceptors (Lipinski definition) is 0. The van der Waals surface area contributed by atoms with Crippen molar-refractivity contribution in [3.63, 3.8) is 0 Å². The van der Waals surface area contributed by atoms with Crippen molar-refractivity contribution in [3.8, 4) is 0 Å². The van der Waals surface area contributed by atoms with Gasteiger partial charge in [0.15, 0.2) is 0 Å². The zero-order valence-electron chi connectivity index (χ0n) is 7.85. The molecule has 0 saturated heterocycles. The monoisotopic (exact) mass is 179 g/mol. The quantitative estimate of drug-likeness (QED) is 0.617. The van der Waals surface area contributed by atoms with Crippen molar-refractivity contribution >= 4 is 12.2 Å². The van der Waals surface area contributed by atoms with Crippen molar-refractivity contribution in [1.29, 1.82) is 0 Å². The van der Waals surface area contributed by atoms with Crippen LogP contribution in [-0.2, 0) is 0 Å². The van der Waals surface area contributed by atoms with E-state index in [-0.39, 0.29) is 0 Å². The fraction of sp³-hybridized carbons (Fsp3) is 0. The predicted molar refractivity (Wildman–Crippen MR) is 60.6 cm³/mol. The zero-order valence-corrected chi connectivity index (χ0v) is 7.85. The highest BCUT2D eigenvalue weighted by Gasteiger charge is 1.84. The predicted octanol–water partition coefficient (Wildman–Crippen LogP) is 3.66. The Morgan fingerprint density at radius 3 is 1.93 bits per heavy atom. The molecule has 0 saturated carbocycles. The van der Waals surface area contributed by atoms with Crippen LogP contribution in [0.3, 0.4) is 0 Å². The fourth-order valence-electron chi connectivity index (χ4n) is 1.27. The van der Waals surface area contributed by atoms with Gasteiger partial charge < -0.3 is 0 Å². The first-order valence-corrected chi connectivity index (χ1v) is 4.64. The minimum atomic E-state index is 1.20. The lowest BCUT2D eigenvalue weighted by Gasteiger charge is -1.92. The van der Waals surface area contributed by atoms with Gasteiger partial charge in [0.25, 0.3) is 0 Å². The van der Waals surface area contributed by atoms with Crippen LogP contribution in [0.1, 0.15) is 11.1 Å². The van der Waals surface area contributed by atoms with Crippen LogP contribution in [0.15, 0.2) is 54.6 Å². The van der Waals surface area contributed by atoms with Gasteiger partial charge in [0.1, 0.15) is 0 Å². The van der Waals surface area contributed by atoms with Crippen LogP contribution in [0.5, 0.6) is 0 Å². The van der Waals surface area contributed by atoms with Gasteiger partial charge in [0.05, 0.1) is 0 Å². The lowest BCUT2D eigenvalue weighted by atomic mass is 10.1. The second-order valence-corrected chi connectivity index (χ2v) is 3.08. The summed E-state index contributed by atoms with van der Waals surface area (Å²) in [5.41, 5.74) is 2.42. The first kappa shape index (κ1) is 8.76. The van der Waals surface area contributed by atoms with E-state index < -0.39 is 0 Å². The molecular weight excluding hydrogens is 168 g/mol. The minimum Gasteiger partial charge on any atom is -0.0622 e. The highest BCUT2D eigenvalue weighted by Crippen LogP contribution is 2.06. The van der Waals surface area contributed by atoms with Crippen molar-refractivity contribution in [2.45, 2.75) is 0 Å². The third-order valence-electron chi connectivity index (χ3n) is 2.01. The molecule has 2 aromatic rings. The van der Waals surface area contributed by atoms with Gasteiger partial charge in [-0.05, 0) is 17.2 Å². The normalized spacial score (nSPS) is 10.6. The van der Waals surface area contributed by atoms with Gasteiger partial charge in [0.2, 0.25) is 0 Å². The van der Waals surface area contributed by atoms with Crippen LogP contribution in [0, 0.1) is 6.07 Å². The molecule has 0 atom stereocenters. The van der Waals surface area contributed by atoms with Crippen LogP contribution >= 0.6 is 0 Å². The Labute approximate surface area is 84.5 Å². The van der Waals surface area contributed by atoms with Gasteiger partial charge in [0, 0.05) is 0 Å². The van der Waals surface area contributed by atoms with Crippen LogP contribution in [-0.4, -0.2) is 0 Å². The van der Waals surface area contributed by atoms with Crippen LogP contribution in [0.4, 0.5) is 0 Å². The summed E-state index contributed by atoms with van der Waals surface area (Å²) in [6, 6.07) is 21.2. The molecule has 0 amide bonds. The van der Waals surface area contributed by atoms with Crippen molar-refractivity contribution in [1.82, 2.24) is 0 Å². The molecule has 0 nitrogen and oxygen atoms in total. The smallest absolute Gasteiger partial charge is 0.0184 e. The molecule has 0 unspecified atom stereocenters. The van der Waals surface area contributed by atoms with Gasteiger partial charge in [-0.3, -0.25) is 0 Å². The third-order valence-corrected chi connectivity index (χ3v) is 2.01. The van der Waals surface area contributed by atoms with Gasteiger partial charge in [-0.25, -0.2) is 0 Å². The van der Waals surface area contributed by atoms with E-state index in [1.165, 1.54) is 11.1 Å². The summed E-state index contributed by atoms with van der Waals surface area (Å²) in [7, 11) is 0. The minimum absolute atomic E-state index is 1.20. The zero-order chi connectivity index (χ0) is 9.64. The molecule has 67 valence electrons. The number of rotatable bonds is 2.